The molecule has 6 heteroatoms. The summed E-state index contributed by atoms with van der Waals surface area (Å²) in [6, 6.07) is 5.59. The number of halogens is 4. The molecular weight excluding hydrogens is 364 g/mol. The molecule has 0 amide bonds. The maximum Gasteiger partial charge on any atom is 0.193 e. The second-order valence-electron chi connectivity index (χ2n) is 4.67. The van der Waals surface area contributed by atoms with Gasteiger partial charge in [0.25, 0.3) is 0 Å². The fourth-order valence-electron chi connectivity index (χ4n) is 2.07. The third kappa shape index (κ3) is 4.05. The summed E-state index contributed by atoms with van der Waals surface area (Å²) < 4.78 is 33.6. The first-order chi connectivity index (χ1) is 10.0. The maximum atomic E-state index is 14.1. The Hall–Kier alpha value is -0.910. The van der Waals surface area contributed by atoms with Crippen LogP contribution in [-0.2, 0) is 6.42 Å². The fourth-order valence-corrected chi connectivity index (χ4v) is 2.59. The van der Waals surface area contributed by atoms with Gasteiger partial charge in [0.2, 0.25) is 0 Å². The van der Waals surface area contributed by atoms with Gasteiger partial charge >= 0.3 is 0 Å². The molecule has 2 rings (SSSR count). The number of hydrogen-bond acceptors (Lipinski definition) is 2. The van der Waals surface area contributed by atoms with Crippen molar-refractivity contribution in [1.82, 2.24) is 5.32 Å². The van der Waals surface area contributed by atoms with Crippen molar-refractivity contribution in [3.05, 3.63) is 56.9 Å². The first-order valence-electron chi connectivity index (χ1n) is 6.64. The van der Waals surface area contributed by atoms with Crippen LogP contribution in [0.2, 0.25) is 5.22 Å². The Morgan fingerprint density at radius 2 is 2.05 bits per heavy atom. The van der Waals surface area contributed by atoms with Crippen LogP contribution in [0.25, 0.3) is 0 Å². The lowest BCUT2D eigenvalue weighted by atomic mass is 10.0. The van der Waals surface area contributed by atoms with Crippen molar-refractivity contribution in [1.29, 1.82) is 0 Å². The van der Waals surface area contributed by atoms with E-state index < -0.39 is 11.6 Å². The van der Waals surface area contributed by atoms with Crippen LogP contribution in [0.15, 0.2) is 33.2 Å². The lowest BCUT2D eigenvalue weighted by Gasteiger charge is -2.17. The van der Waals surface area contributed by atoms with Crippen LogP contribution in [-0.4, -0.2) is 6.54 Å². The SMILES string of the molecule is CCCNC(Cc1c(F)ccc(Br)c1F)c1ccc(Cl)o1. The molecule has 0 fully saturated rings. The van der Waals surface area contributed by atoms with Crippen molar-refractivity contribution in [2.24, 2.45) is 0 Å². The second-order valence-corrected chi connectivity index (χ2v) is 5.90. The highest BCUT2D eigenvalue weighted by Gasteiger charge is 2.21. The van der Waals surface area contributed by atoms with Gasteiger partial charge in [0.05, 0.1) is 10.5 Å². The van der Waals surface area contributed by atoms with Gasteiger partial charge in [-0.15, -0.1) is 0 Å². The van der Waals surface area contributed by atoms with Crippen molar-refractivity contribution in [2.75, 3.05) is 6.54 Å². The first kappa shape index (κ1) is 16.5. The van der Waals surface area contributed by atoms with Gasteiger partial charge in [-0.25, -0.2) is 8.78 Å². The van der Waals surface area contributed by atoms with Crippen molar-refractivity contribution in [3.63, 3.8) is 0 Å². The predicted octanol–water partition coefficient (Wildman–Crippen LogP) is 5.26. The van der Waals surface area contributed by atoms with Crippen molar-refractivity contribution in [2.45, 2.75) is 25.8 Å². The van der Waals surface area contributed by atoms with Crippen LogP contribution < -0.4 is 5.32 Å². The Labute approximate surface area is 135 Å². The minimum absolute atomic E-state index is 0.0190. The standard InChI is InChI=1S/C15H15BrClF2NO/c1-2-7-20-12(13-5-6-14(17)21-13)8-9-11(18)4-3-10(16)15(9)19/h3-6,12,20H,2,7-8H2,1H3. The van der Waals surface area contributed by atoms with Gasteiger partial charge in [0, 0.05) is 12.0 Å². The molecule has 2 nitrogen and oxygen atoms in total. The molecule has 0 aliphatic heterocycles. The lowest BCUT2D eigenvalue weighted by molar-refractivity contribution is 0.402. The van der Waals surface area contributed by atoms with Crippen LogP contribution in [0.1, 0.15) is 30.7 Å². The number of furan rings is 1. The highest BCUT2D eigenvalue weighted by Crippen LogP contribution is 2.28. The van der Waals surface area contributed by atoms with Gasteiger partial charge in [-0.05, 0) is 64.8 Å². The molecule has 1 atom stereocenters. The van der Waals surface area contributed by atoms with E-state index in [1.54, 1.807) is 12.1 Å². The monoisotopic (exact) mass is 377 g/mol. The summed E-state index contributed by atoms with van der Waals surface area (Å²) in [5, 5.41) is 3.47. The van der Waals surface area contributed by atoms with Crippen molar-refractivity contribution in [3.8, 4) is 0 Å². The molecule has 0 spiro atoms. The molecule has 0 saturated heterocycles. The Kier molecular flexibility index (Phi) is 5.79. The largest absolute Gasteiger partial charge is 0.448 e. The summed E-state index contributed by atoms with van der Waals surface area (Å²) in [6.07, 6.45) is 1.04. The molecule has 0 saturated carbocycles. The van der Waals surface area contributed by atoms with E-state index in [1.807, 2.05) is 6.92 Å². The van der Waals surface area contributed by atoms with E-state index in [-0.39, 0.29) is 27.7 Å². The molecule has 1 unspecified atom stereocenters. The summed E-state index contributed by atoms with van der Waals surface area (Å²) in [7, 11) is 0. The third-order valence-electron chi connectivity index (χ3n) is 3.13. The van der Waals surface area contributed by atoms with E-state index in [0.29, 0.717) is 12.3 Å². The third-order valence-corrected chi connectivity index (χ3v) is 3.94. The van der Waals surface area contributed by atoms with E-state index >= 15 is 0 Å². The molecule has 0 radical (unpaired) electrons. The molecule has 114 valence electrons. The summed E-state index contributed by atoms with van der Waals surface area (Å²) in [5.41, 5.74) is 0.0190. The summed E-state index contributed by atoms with van der Waals surface area (Å²) in [4.78, 5) is 0. The van der Waals surface area contributed by atoms with Gasteiger partial charge in [0.1, 0.15) is 17.4 Å². The van der Waals surface area contributed by atoms with Gasteiger partial charge in [-0.1, -0.05) is 6.92 Å². The predicted molar refractivity (Wildman–Crippen MR) is 82.5 cm³/mol. The normalized spacial score (nSPS) is 12.6. The van der Waals surface area contributed by atoms with E-state index in [0.717, 1.165) is 6.42 Å². The molecule has 21 heavy (non-hydrogen) atoms. The Morgan fingerprint density at radius 1 is 1.29 bits per heavy atom. The van der Waals surface area contributed by atoms with Gasteiger partial charge in [-0.3, -0.25) is 0 Å². The smallest absolute Gasteiger partial charge is 0.193 e. The molecule has 1 aromatic heterocycles. The Bertz CT molecular complexity index is 618. The minimum Gasteiger partial charge on any atom is -0.448 e. The van der Waals surface area contributed by atoms with Crippen LogP contribution >= 0.6 is 27.5 Å². The molecule has 1 N–H and O–H groups in total. The number of rotatable bonds is 6. The fraction of sp³-hybridized carbons (Fsp3) is 0.333. The lowest BCUT2D eigenvalue weighted by Crippen LogP contribution is -2.24. The van der Waals surface area contributed by atoms with Crippen LogP contribution in [0, 0.1) is 11.6 Å². The molecule has 0 aliphatic carbocycles. The van der Waals surface area contributed by atoms with Gasteiger partial charge in [0.15, 0.2) is 5.22 Å². The molecular formula is C15H15BrClF2NO. The van der Waals surface area contributed by atoms with Gasteiger partial charge < -0.3 is 9.73 Å². The average Bonchev–Trinajstić information content (AvgIpc) is 2.89. The zero-order chi connectivity index (χ0) is 15.4. The van der Waals surface area contributed by atoms with E-state index in [9.17, 15) is 8.78 Å². The van der Waals surface area contributed by atoms with E-state index in [2.05, 4.69) is 21.2 Å². The van der Waals surface area contributed by atoms with Crippen LogP contribution in [0.3, 0.4) is 0 Å². The number of hydrogen-bond donors (Lipinski definition) is 1. The molecule has 1 aromatic carbocycles. The molecule has 2 aromatic rings. The quantitative estimate of drug-likeness (QED) is 0.694. The van der Waals surface area contributed by atoms with E-state index in [4.69, 9.17) is 16.0 Å². The summed E-state index contributed by atoms with van der Waals surface area (Å²) >= 11 is 8.86. The molecule has 1 heterocycles. The minimum atomic E-state index is -0.587. The highest BCUT2D eigenvalue weighted by atomic mass is 79.9. The first-order valence-corrected chi connectivity index (χ1v) is 7.81. The summed E-state index contributed by atoms with van der Waals surface area (Å²) in [5.74, 6) is -0.597. The summed E-state index contributed by atoms with van der Waals surface area (Å²) in [6.45, 7) is 2.72. The topological polar surface area (TPSA) is 25.2 Å². The zero-order valence-corrected chi connectivity index (χ0v) is 13.8. The van der Waals surface area contributed by atoms with Crippen LogP contribution in [0.4, 0.5) is 8.78 Å². The maximum absolute atomic E-state index is 14.1. The molecule has 0 bridgehead atoms. The number of benzene rings is 1. The molecule has 0 aliphatic rings. The second kappa shape index (κ2) is 7.38. The van der Waals surface area contributed by atoms with Crippen LogP contribution in [0.5, 0.6) is 0 Å². The zero-order valence-electron chi connectivity index (χ0n) is 11.4. The van der Waals surface area contributed by atoms with Gasteiger partial charge in [-0.2, -0.15) is 0 Å². The Morgan fingerprint density at radius 3 is 2.67 bits per heavy atom. The van der Waals surface area contributed by atoms with Crippen molar-refractivity contribution >= 4 is 27.5 Å². The van der Waals surface area contributed by atoms with Crippen molar-refractivity contribution < 1.29 is 13.2 Å². The highest BCUT2D eigenvalue weighted by molar-refractivity contribution is 9.10. The average molecular weight is 379 g/mol. The van der Waals surface area contributed by atoms with E-state index in [1.165, 1.54) is 12.1 Å². The number of nitrogens with one attached hydrogen (secondary N) is 1. The Balaban J connectivity index is 2.29.